The second-order valence-corrected chi connectivity index (χ2v) is 5.28. The molecule has 0 bridgehead atoms. The lowest BCUT2D eigenvalue weighted by atomic mass is 10.1. The highest BCUT2D eigenvalue weighted by molar-refractivity contribution is 6.03. The molecule has 1 atom stereocenters. The van der Waals surface area contributed by atoms with E-state index < -0.39 is 17.7 Å². The van der Waals surface area contributed by atoms with Gasteiger partial charge in [0.05, 0.1) is 17.9 Å². The zero-order valence-corrected chi connectivity index (χ0v) is 12.6. The van der Waals surface area contributed by atoms with Gasteiger partial charge in [-0.2, -0.15) is 0 Å². The SMILES string of the molecule is CC[C@H]1CN(C(=O)Nc2ccc(F)cc2F)c2ccccc2O1. The third kappa shape index (κ3) is 3.11. The fourth-order valence-corrected chi connectivity index (χ4v) is 2.48. The number of hydrogen-bond donors (Lipinski definition) is 1. The van der Waals surface area contributed by atoms with Gasteiger partial charge in [-0.05, 0) is 30.7 Å². The number of fused-ring (bicyclic) bond motifs is 1. The lowest BCUT2D eigenvalue weighted by Gasteiger charge is -2.34. The monoisotopic (exact) mass is 318 g/mol. The molecular weight excluding hydrogens is 302 g/mol. The molecule has 120 valence electrons. The number of carbonyl (C=O) groups excluding carboxylic acids is 1. The molecule has 3 rings (SSSR count). The Labute approximate surface area is 132 Å². The van der Waals surface area contributed by atoms with Crippen LogP contribution in [0.4, 0.5) is 25.0 Å². The molecule has 0 saturated heterocycles. The standard InChI is InChI=1S/C17H16F2N2O2/c1-2-12-10-21(15-5-3-4-6-16(15)23-12)17(22)20-14-8-7-11(18)9-13(14)19/h3-9,12H,2,10H2,1H3,(H,20,22)/t12-/m0/s1. The topological polar surface area (TPSA) is 41.6 Å². The van der Waals surface area contributed by atoms with Crippen LogP contribution in [0, 0.1) is 11.6 Å². The van der Waals surface area contributed by atoms with Crippen LogP contribution in [0.2, 0.25) is 0 Å². The lowest BCUT2D eigenvalue weighted by Crippen LogP contribution is -2.45. The highest BCUT2D eigenvalue weighted by Gasteiger charge is 2.29. The van der Waals surface area contributed by atoms with Gasteiger partial charge in [0.2, 0.25) is 0 Å². The van der Waals surface area contributed by atoms with Crippen LogP contribution in [-0.2, 0) is 0 Å². The molecule has 2 amide bonds. The molecule has 0 spiro atoms. The predicted octanol–water partition coefficient (Wildman–Crippen LogP) is 4.17. The van der Waals surface area contributed by atoms with Gasteiger partial charge in [-0.3, -0.25) is 4.90 Å². The molecule has 1 heterocycles. The summed E-state index contributed by atoms with van der Waals surface area (Å²) in [6, 6.07) is 9.73. The molecule has 6 heteroatoms. The molecule has 2 aromatic carbocycles. The minimum Gasteiger partial charge on any atom is -0.486 e. The van der Waals surface area contributed by atoms with E-state index in [4.69, 9.17) is 4.74 Å². The number of rotatable bonds is 2. The first-order valence-electron chi connectivity index (χ1n) is 7.37. The van der Waals surface area contributed by atoms with Crippen molar-refractivity contribution < 1.29 is 18.3 Å². The second-order valence-electron chi connectivity index (χ2n) is 5.28. The van der Waals surface area contributed by atoms with Crippen LogP contribution in [-0.4, -0.2) is 18.7 Å². The van der Waals surface area contributed by atoms with Gasteiger partial charge in [0, 0.05) is 6.07 Å². The molecule has 0 saturated carbocycles. The third-order valence-corrected chi connectivity index (χ3v) is 3.71. The third-order valence-electron chi connectivity index (χ3n) is 3.71. The zero-order chi connectivity index (χ0) is 16.4. The minimum absolute atomic E-state index is 0.0616. The van der Waals surface area contributed by atoms with Crippen molar-refractivity contribution in [3.63, 3.8) is 0 Å². The summed E-state index contributed by atoms with van der Waals surface area (Å²) in [7, 11) is 0. The van der Waals surface area contributed by atoms with Crippen LogP contribution in [0.3, 0.4) is 0 Å². The lowest BCUT2D eigenvalue weighted by molar-refractivity contribution is 0.188. The molecule has 0 radical (unpaired) electrons. The van der Waals surface area contributed by atoms with Crippen LogP contribution in [0.1, 0.15) is 13.3 Å². The molecule has 1 aliphatic heterocycles. The highest BCUT2D eigenvalue weighted by atomic mass is 19.1. The first-order valence-corrected chi connectivity index (χ1v) is 7.37. The van der Waals surface area contributed by atoms with Gasteiger partial charge in [-0.1, -0.05) is 19.1 Å². The summed E-state index contributed by atoms with van der Waals surface area (Å²) in [6.07, 6.45) is 0.608. The van der Waals surface area contributed by atoms with E-state index in [0.29, 0.717) is 18.0 Å². The highest BCUT2D eigenvalue weighted by Crippen LogP contribution is 2.34. The Morgan fingerprint density at radius 1 is 1.30 bits per heavy atom. The number of nitrogens with zero attached hydrogens (tertiary/aromatic N) is 1. The molecule has 2 aromatic rings. The van der Waals surface area contributed by atoms with Crippen LogP contribution < -0.4 is 15.0 Å². The molecule has 0 aliphatic carbocycles. The first-order chi connectivity index (χ1) is 11.1. The van der Waals surface area contributed by atoms with Crippen molar-refractivity contribution in [3.05, 3.63) is 54.1 Å². The van der Waals surface area contributed by atoms with E-state index in [-0.39, 0.29) is 11.8 Å². The Balaban J connectivity index is 1.86. The smallest absolute Gasteiger partial charge is 0.326 e. The van der Waals surface area contributed by atoms with Gasteiger partial charge in [0.1, 0.15) is 23.5 Å². The summed E-state index contributed by atoms with van der Waals surface area (Å²) in [5.41, 5.74) is 0.561. The number of nitrogens with one attached hydrogen (secondary N) is 1. The summed E-state index contributed by atoms with van der Waals surface area (Å²) in [4.78, 5) is 14.0. The van der Waals surface area contributed by atoms with Crippen molar-refractivity contribution in [2.75, 3.05) is 16.8 Å². The average molecular weight is 318 g/mol. The van der Waals surface area contributed by atoms with Gasteiger partial charge in [0.15, 0.2) is 0 Å². The largest absolute Gasteiger partial charge is 0.486 e. The fourth-order valence-electron chi connectivity index (χ4n) is 2.48. The summed E-state index contributed by atoms with van der Waals surface area (Å²) < 4.78 is 32.5. The van der Waals surface area contributed by atoms with Crippen molar-refractivity contribution in [1.29, 1.82) is 0 Å². The van der Waals surface area contributed by atoms with Gasteiger partial charge in [-0.25, -0.2) is 13.6 Å². The van der Waals surface area contributed by atoms with Crippen LogP contribution in [0.15, 0.2) is 42.5 Å². The molecular formula is C17H16F2N2O2. The first kappa shape index (κ1) is 15.3. The van der Waals surface area contributed by atoms with E-state index >= 15 is 0 Å². The summed E-state index contributed by atoms with van der Waals surface area (Å²) in [5, 5.41) is 2.48. The Hall–Kier alpha value is -2.63. The van der Waals surface area contributed by atoms with Gasteiger partial charge >= 0.3 is 6.03 Å². The van der Waals surface area contributed by atoms with E-state index in [1.54, 1.807) is 18.2 Å². The van der Waals surface area contributed by atoms with Crippen molar-refractivity contribution in [3.8, 4) is 5.75 Å². The summed E-state index contributed by atoms with van der Waals surface area (Å²) >= 11 is 0. The fraction of sp³-hybridized carbons (Fsp3) is 0.235. The number of hydrogen-bond acceptors (Lipinski definition) is 2. The van der Waals surface area contributed by atoms with Crippen molar-refractivity contribution in [2.45, 2.75) is 19.4 Å². The number of urea groups is 1. The van der Waals surface area contributed by atoms with Crippen LogP contribution in [0.5, 0.6) is 5.75 Å². The Morgan fingerprint density at radius 2 is 2.09 bits per heavy atom. The van der Waals surface area contributed by atoms with Crippen molar-refractivity contribution >= 4 is 17.4 Å². The number of anilines is 2. The van der Waals surface area contributed by atoms with Crippen molar-refractivity contribution in [1.82, 2.24) is 0 Å². The maximum Gasteiger partial charge on any atom is 0.326 e. The Bertz CT molecular complexity index is 736. The number of benzene rings is 2. The van der Waals surface area contributed by atoms with E-state index in [1.165, 1.54) is 11.0 Å². The number of halogens is 2. The molecule has 0 unspecified atom stereocenters. The van der Waals surface area contributed by atoms with Gasteiger partial charge < -0.3 is 10.1 Å². The average Bonchev–Trinajstić information content (AvgIpc) is 2.56. The molecule has 1 N–H and O–H groups in total. The van der Waals surface area contributed by atoms with Crippen LogP contribution >= 0.6 is 0 Å². The second kappa shape index (κ2) is 6.24. The Morgan fingerprint density at radius 3 is 2.83 bits per heavy atom. The van der Waals surface area contributed by atoms with Gasteiger partial charge in [-0.15, -0.1) is 0 Å². The number of ether oxygens (including phenoxy) is 1. The summed E-state index contributed by atoms with van der Waals surface area (Å²) in [6.45, 7) is 2.33. The Kier molecular flexibility index (Phi) is 4.14. The van der Waals surface area contributed by atoms with E-state index in [2.05, 4.69) is 5.32 Å². The molecule has 23 heavy (non-hydrogen) atoms. The normalized spacial score (nSPS) is 16.5. The maximum absolute atomic E-state index is 13.7. The van der Waals surface area contributed by atoms with E-state index in [0.717, 1.165) is 18.6 Å². The number of para-hydroxylation sites is 2. The van der Waals surface area contributed by atoms with E-state index in [9.17, 15) is 13.6 Å². The molecule has 4 nitrogen and oxygen atoms in total. The predicted molar refractivity (Wildman–Crippen MR) is 83.9 cm³/mol. The molecule has 1 aliphatic rings. The van der Waals surface area contributed by atoms with E-state index in [1.807, 2.05) is 13.0 Å². The van der Waals surface area contributed by atoms with Crippen molar-refractivity contribution in [2.24, 2.45) is 0 Å². The molecule has 0 aromatic heterocycles. The maximum atomic E-state index is 13.7. The minimum atomic E-state index is -0.813. The molecule has 0 fully saturated rings. The quantitative estimate of drug-likeness (QED) is 0.903. The van der Waals surface area contributed by atoms with Gasteiger partial charge in [0.25, 0.3) is 0 Å². The zero-order valence-electron chi connectivity index (χ0n) is 12.6. The summed E-state index contributed by atoms with van der Waals surface area (Å²) in [5.74, 6) is -0.893. The number of amides is 2. The van der Waals surface area contributed by atoms with Crippen LogP contribution in [0.25, 0.3) is 0 Å². The number of carbonyl (C=O) groups is 1.